The molecule has 2 amide bonds. The Hall–Kier alpha value is -2.28. The maximum Gasteiger partial charge on any atom is 0.255 e. The molecule has 7 heteroatoms. The Morgan fingerprint density at radius 3 is 2.41 bits per heavy atom. The molecule has 27 heavy (non-hydrogen) atoms. The summed E-state index contributed by atoms with van der Waals surface area (Å²) in [4.78, 5) is 29.5. The summed E-state index contributed by atoms with van der Waals surface area (Å²) < 4.78 is 5.22. The van der Waals surface area contributed by atoms with Crippen molar-refractivity contribution in [2.24, 2.45) is 0 Å². The number of carbonyl (C=O) groups is 2. The molecule has 0 radical (unpaired) electrons. The van der Waals surface area contributed by atoms with Crippen molar-refractivity contribution in [3.8, 4) is 0 Å². The number of rotatable bonds is 5. The van der Waals surface area contributed by atoms with Crippen molar-refractivity contribution in [2.45, 2.75) is 37.8 Å². The van der Waals surface area contributed by atoms with Crippen LogP contribution in [0.2, 0.25) is 0 Å². The van der Waals surface area contributed by atoms with Crippen LogP contribution in [0.4, 0.5) is 0 Å². The van der Waals surface area contributed by atoms with Gasteiger partial charge < -0.3 is 14.3 Å². The minimum absolute atomic E-state index is 0.0282. The third-order valence-corrected chi connectivity index (χ3v) is 5.99. The first-order valence-electron chi connectivity index (χ1n) is 9.22. The van der Waals surface area contributed by atoms with Gasteiger partial charge in [0.15, 0.2) is 0 Å². The molecular formula is C20H25N3O3S. The number of hydrogen-bond acceptors (Lipinski definition) is 5. The second-order valence-corrected chi connectivity index (χ2v) is 7.63. The number of aromatic nitrogens is 1. The van der Waals surface area contributed by atoms with E-state index in [0.29, 0.717) is 43.9 Å². The summed E-state index contributed by atoms with van der Waals surface area (Å²) in [6, 6.07) is 7.70. The lowest BCUT2D eigenvalue weighted by molar-refractivity contribution is -0.132. The van der Waals surface area contributed by atoms with Gasteiger partial charge in [-0.2, -0.15) is 0 Å². The summed E-state index contributed by atoms with van der Waals surface area (Å²) in [5, 5.41) is 3.99. The van der Waals surface area contributed by atoms with E-state index in [1.165, 1.54) is 0 Å². The summed E-state index contributed by atoms with van der Waals surface area (Å²) in [5.74, 6) is 1.71. The van der Waals surface area contributed by atoms with E-state index in [0.717, 1.165) is 21.9 Å². The average Bonchev–Trinajstić information content (AvgIpc) is 3.03. The largest absolute Gasteiger partial charge is 0.361 e. The van der Waals surface area contributed by atoms with Crippen LogP contribution >= 0.6 is 11.8 Å². The Bertz CT molecular complexity index is 806. The predicted molar refractivity (Wildman–Crippen MR) is 105 cm³/mol. The third kappa shape index (κ3) is 4.35. The van der Waals surface area contributed by atoms with Gasteiger partial charge in [-0.1, -0.05) is 24.2 Å². The summed E-state index contributed by atoms with van der Waals surface area (Å²) in [6.45, 7) is 8.07. The van der Waals surface area contributed by atoms with E-state index in [-0.39, 0.29) is 11.8 Å². The Balaban J connectivity index is 1.68. The number of benzene rings is 1. The minimum atomic E-state index is 0.0282. The second kappa shape index (κ2) is 8.61. The number of thioether (sulfide) groups is 1. The van der Waals surface area contributed by atoms with Gasteiger partial charge in [0.05, 0.1) is 11.3 Å². The van der Waals surface area contributed by atoms with Crippen LogP contribution in [0.3, 0.4) is 0 Å². The van der Waals surface area contributed by atoms with Crippen molar-refractivity contribution in [3.05, 3.63) is 46.8 Å². The molecule has 0 unspecified atom stereocenters. The Morgan fingerprint density at radius 1 is 1.11 bits per heavy atom. The summed E-state index contributed by atoms with van der Waals surface area (Å²) >= 11 is 1.62. The van der Waals surface area contributed by atoms with E-state index < -0.39 is 0 Å². The molecule has 0 bridgehead atoms. The zero-order valence-electron chi connectivity index (χ0n) is 16.0. The predicted octanol–water partition coefficient (Wildman–Crippen LogP) is 3.28. The molecule has 0 spiro atoms. The number of carbonyl (C=O) groups excluding carboxylic acids is 2. The molecule has 144 valence electrons. The Kier molecular flexibility index (Phi) is 6.21. The molecule has 2 heterocycles. The maximum absolute atomic E-state index is 13.0. The molecule has 1 aromatic heterocycles. The fourth-order valence-corrected chi connectivity index (χ4v) is 4.38. The average molecular weight is 388 g/mol. The SMILES string of the molecule is CCC(=O)N1CCN(C(=O)c2ccccc2SCc2c(C)noc2C)CC1. The van der Waals surface area contributed by atoms with Crippen LogP contribution in [-0.4, -0.2) is 52.9 Å². The van der Waals surface area contributed by atoms with Crippen molar-refractivity contribution in [1.82, 2.24) is 15.0 Å². The lowest BCUT2D eigenvalue weighted by Crippen LogP contribution is -2.50. The Labute approximate surface area is 163 Å². The fraction of sp³-hybridized carbons (Fsp3) is 0.450. The number of piperazine rings is 1. The van der Waals surface area contributed by atoms with Crippen molar-refractivity contribution < 1.29 is 14.1 Å². The van der Waals surface area contributed by atoms with E-state index in [4.69, 9.17) is 4.52 Å². The van der Waals surface area contributed by atoms with E-state index in [1.807, 2.05) is 54.8 Å². The number of aryl methyl sites for hydroxylation is 2. The zero-order valence-corrected chi connectivity index (χ0v) is 16.8. The highest BCUT2D eigenvalue weighted by atomic mass is 32.2. The summed E-state index contributed by atoms with van der Waals surface area (Å²) in [6.07, 6.45) is 0.509. The van der Waals surface area contributed by atoms with Gasteiger partial charge >= 0.3 is 0 Å². The standard InChI is InChI=1S/C20H25N3O3S/c1-4-19(24)22-9-11-23(12-10-22)20(25)16-7-5-6-8-18(16)27-13-17-14(2)21-26-15(17)3/h5-8H,4,9-13H2,1-3H3. The molecule has 1 aliphatic heterocycles. The van der Waals surface area contributed by atoms with Crippen LogP contribution < -0.4 is 0 Å². The van der Waals surface area contributed by atoms with Gasteiger partial charge in [-0.05, 0) is 26.0 Å². The molecule has 1 aliphatic rings. The number of hydrogen-bond donors (Lipinski definition) is 0. The number of nitrogens with zero attached hydrogens (tertiary/aromatic N) is 3. The Morgan fingerprint density at radius 2 is 1.78 bits per heavy atom. The summed E-state index contributed by atoms with van der Waals surface area (Å²) in [7, 11) is 0. The van der Waals surface area contributed by atoms with Gasteiger partial charge in [0.25, 0.3) is 5.91 Å². The van der Waals surface area contributed by atoms with Crippen LogP contribution in [0.25, 0.3) is 0 Å². The van der Waals surface area contributed by atoms with E-state index in [2.05, 4.69) is 5.16 Å². The van der Waals surface area contributed by atoms with E-state index in [1.54, 1.807) is 11.8 Å². The van der Waals surface area contributed by atoms with Crippen LogP contribution in [0.1, 0.15) is 40.7 Å². The molecule has 0 N–H and O–H groups in total. The van der Waals surface area contributed by atoms with Crippen LogP contribution in [0, 0.1) is 13.8 Å². The summed E-state index contributed by atoms with van der Waals surface area (Å²) in [5.41, 5.74) is 2.68. The first-order chi connectivity index (χ1) is 13.0. The van der Waals surface area contributed by atoms with Crippen molar-refractivity contribution >= 4 is 23.6 Å². The van der Waals surface area contributed by atoms with E-state index in [9.17, 15) is 9.59 Å². The van der Waals surface area contributed by atoms with Gasteiger partial charge in [0, 0.05) is 48.8 Å². The van der Waals surface area contributed by atoms with Gasteiger partial charge in [0.1, 0.15) is 5.76 Å². The second-order valence-electron chi connectivity index (χ2n) is 6.61. The topological polar surface area (TPSA) is 66.7 Å². The zero-order chi connectivity index (χ0) is 19.4. The molecule has 0 saturated carbocycles. The normalized spacial score (nSPS) is 14.5. The molecule has 1 saturated heterocycles. The van der Waals surface area contributed by atoms with Crippen molar-refractivity contribution in [3.63, 3.8) is 0 Å². The highest BCUT2D eigenvalue weighted by Gasteiger charge is 2.25. The third-order valence-electron chi connectivity index (χ3n) is 4.89. The molecular weight excluding hydrogens is 362 g/mol. The van der Waals surface area contributed by atoms with Gasteiger partial charge in [0.2, 0.25) is 5.91 Å². The first kappa shape index (κ1) is 19.5. The van der Waals surface area contributed by atoms with Crippen LogP contribution in [0.5, 0.6) is 0 Å². The van der Waals surface area contributed by atoms with Crippen LogP contribution in [-0.2, 0) is 10.5 Å². The maximum atomic E-state index is 13.0. The lowest BCUT2D eigenvalue weighted by atomic mass is 10.1. The molecule has 1 aromatic carbocycles. The monoisotopic (exact) mass is 387 g/mol. The molecule has 3 rings (SSSR count). The van der Waals surface area contributed by atoms with Crippen molar-refractivity contribution in [2.75, 3.05) is 26.2 Å². The van der Waals surface area contributed by atoms with Gasteiger partial charge in [-0.25, -0.2) is 0 Å². The molecule has 0 aliphatic carbocycles. The lowest BCUT2D eigenvalue weighted by Gasteiger charge is -2.35. The highest BCUT2D eigenvalue weighted by Crippen LogP contribution is 2.29. The molecule has 2 aromatic rings. The van der Waals surface area contributed by atoms with Gasteiger partial charge in [-0.15, -0.1) is 11.8 Å². The van der Waals surface area contributed by atoms with Crippen LogP contribution in [0.15, 0.2) is 33.7 Å². The van der Waals surface area contributed by atoms with Gasteiger partial charge in [-0.3, -0.25) is 9.59 Å². The number of amides is 2. The van der Waals surface area contributed by atoms with E-state index >= 15 is 0 Å². The smallest absolute Gasteiger partial charge is 0.255 e. The highest BCUT2D eigenvalue weighted by molar-refractivity contribution is 7.98. The molecule has 6 nitrogen and oxygen atoms in total. The quantitative estimate of drug-likeness (QED) is 0.737. The first-order valence-corrected chi connectivity index (χ1v) is 10.2. The molecule has 1 fully saturated rings. The fourth-order valence-electron chi connectivity index (χ4n) is 3.18. The molecule has 0 atom stereocenters. The van der Waals surface area contributed by atoms with Crippen molar-refractivity contribution in [1.29, 1.82) is 0 Å². The minimum Gasteiger partial charge on any atom is -0.361 e.